The molecule has 6 heteroatoms. The Bertz CT molecular complexity index is 824. The largest absolute Gasteiger partial charge is 0.461 e. The highest BCUT2D eigenvalue weighted by molar-refractivity contribution is 5.77. The zero-order chi connectivity index (χ0) is 16.9. The normalized spacial score (nSPS) is 10.9. The van der Waals surface area contributed by atoms with E-state index >= 15 is 0 Å². The molecule has 1 aromatic heterocycles. The molecule has 2 aromatic carbocycles. The van der Waals surface area contributed by atoms with Crippen LogP contribution in [0.1, 0.15) is 11.3 Å². The number of nitro groups is 1. The molecule has 0 atom stereocenters. The van der Waals surface area contributed by atoms with Gasteiger partial charge in [-0.3, -0.25) is 10.1 Å². The average Bonchev–Trinajstić information content (AvgIpc) is 2.99. The maximum absolute atomic E-state index is 10.9. The van der Waals surface area contributed by atoms with Crippen molar-refractivity contribution in [2.75, 3.05) is 19.0 Å². The number of hydrogen-bond acceptors (Lipinski definition) is 5. The number of nitrogens with one attached hydrogen (secondary N) is 1. The number of ether oxygens (including phenoxy) is 1. The lowest BCUT2D eigenvalue weighted by molar-refractivity contribution is -0.384. The summed E-state index contributed by atoms with van der Waals surface area (Å²) >= 11 is 0. The average molecular weight is 326 g/mol. The number of methoxy groups -OCH3 is 1. The first-order valence-electron chi connectivity index (χ1n) is 7.65. The first kappa shape index (κ1) is 16.0. The first-order chi connectivity index (χ1) is 11.7. The van der Waals surface area contributed by atoms with E-state index < -0.39 is 4.92 Å². The second kappa shape index (κ2) is 7.14. The lowest BCUT2D eigenvalue weighted by Crippen LogP contribution is -2.07. The molecule has 3 rings (SSSR count). The molecule has 1 heterocycles. The third-order valence-electron chi connectivity index (χ3n) is 3.76. The number of fused-ring (bicyclic) bond motifs is 1. The van der Waals surface area contributed by atoms with Crippen LogP contribution in [0.25, 0.3) is 11.0 Å². The van der Waals surface area contributed by atoms with Gasteiger partial charge in [0, 0.05) is 48.8 Å². The number of rotatable bonds is 7. The molecule has 0 bridgehead atoms. The molecule has 0 aliphatic carbocycles. The second-order valence-corrected chi connectivity index (χ2v) is 5.46. The molecular formula is C18H18N2O4. The summed E-state index contributed by atoms with van der Waals surface area (Å²) in [7, 11) is 1.57. The van der Waals surface area contributed by atoms with Crippen molar-refractivity contribution in [1.29, 1.82) is 0 Å². The SMILES string of the molecule is COCc1cc([N+](=O)[O-])ccc1NCCc1cc2ccccc2o1. The van der Waals surface area contributed by atoms with Crippen LogP contribution in [0.15, 0.2) is 52.9 Å². The highest BCUT2D eigenvalue weighted by Crippen LogP contribution is 2.23. The number of furan rings is 1. The molecule has 0 spiro atoms. The number of benzene rings is 2. The van der Waals surface area contributed by atoms with Crippen LogP contribution in [-0.4, -0.2) is 18.6 Å². The molecule has 24 heavy (non-hydrogen) atoms. The Balaban J connectivity index is 1.68. The van der Waals surface area contributed by atoms with E-state index in [1.54, 1.807) is 13.2 Å². The van der Waals surface area contributed by atoms with Crippen LogP contribution in [0.4, 0.5) is 11.4 Å². The van der Waals surface area contributed by atoms with Crippen molar-refractivity contribution in [2.24, 2.45) is 0 Å². The van der Waals surface area contributed by atoms with E-state index in [-0.39, 0.29) is 5.69 Å². The number of para-hydroxylation sites is 1. The van der Waals surface area contributed by atoms with Crippen molar-refractivity contribution in [2.45, 2.75) is 13.0 Å². The van der Waals surface area contributed by atoms with Crippen molar-refractivity contribution < 1.29 is 14.1 Å². The predicted octanol–water partition coefficient (Wildman–Crippen LogP) is 4.14. The minimum atomic E-state index is -0.405. The van der Waals surface area contributed by atoms with Gasteiger partial charge in [0.25, 0.3) is 5.69 Å². The number of anilines is 1. The Morgan fingerprint density at radius 3 is 2.79 bits per heavy atom. The third kappa shape index (κ3) is 3.55. The Morgan fingerprint density at radius 2 is 2.04 bits per heavy atom. The van der Waals surface area contributed by atoms with E-state index in [4.69, 9.17) is 9.15 Å². The Morgan fingerprint density at radius 1 is 1.21 bits per heavy atom. The summed E-state index contributed by atoms with van der Waals surface area (Å²) in [6.45, 7) is 0.975. The molecule has 124 valence electrons. The number of nitrogens with zero attached hydrogens (tertiary/aromatic N) is 1. The molecule has 0 amide bonds. The molecule has 0 aliphatic heterocycles. The van der Waals surface area contributed by atoms with Crippen LogP contribution >= 0.6 is 0 Å². The lowest BCUT2D eigenvalue weighted by Gasteiger charge is -2.11. The van der Waals surface area contributed by atoms with E-state index in [0.29, 0.717) is 13.2 Å². The van der Waals surface area contributed by atoms with Crippen LogP contribution in [0.3, 0.4) is 0 Å². The van der Waals surface area contributed by atoms with E-state index in [0.717, 1.165) is 34.4 Å². The number of hydrogen-bond donors (Lipinski definition) is 1. The van der Waals surface area contributed by atoms with Gasteiger partial charge < -0.3 is 14.5 Å². The summed E-state index contributed by atoms with van der Waals surface area (Å²) in [5, 5.41) is 15.3. The van der Waals surface area contributed by atoms with Crippen LogP contribution in [0, 0.1) is 10.1 Å². The minimum Gasteiger partial charge on any atom is -0.461 e. The van der Waals surface area contributed by atoms with E-state index in [1.165, 1.54) is 12.1 Å². The monoisotopic (exact) mass is 326 g/mol. The molecular weight excluding hydrogens is 308 g/mol. The molecule has 0 saturated heterocycles. The quantitative estimate of drug-likeness (QED) is 0.521. The fourth-order valence-electron chi connectivity index (χ4n) is 2.62. The van der Waals surface area contributed by atoms with E-state index in [2.05, 4.69) is 5.32 Å². The van der Waals surface area contributed by atoms with Gasteiger partial charge in [-0.1, -0.05) is 18.2 Å². The van der Waals surface area contributed by atoms with Crippen molar-refractivity contribution in [3.8, 4) is 0 Å². The van der Waals surface area contributed by atoms with Gasteiger partial charge in [-0.15, -0.1) is 0 Å². The zero-order valence-electron chi connectivity index (χ0n) is 13.3. The summed E-state index contributed by atoms with van der Waals surface area (Å²) < 4.78 is 10.9. The van der Waals surface area contributed by atoms with Crippen LogP contribution in [-0.2, 0) is 17.8 Å². The van der Waals surface area contributed by atoms with Gasteiger partial charge in [-0.25, -0.2) is 0 Å². The summed E-state index contributed by atoms with van der Waals surface area (Å²) in [6.07, 6.45) is 0.720. The predicted molar refractivity (Wildman–Crippen MR) is 92.2 cm³/mol. The maximum atomic E-state index is 10.9. The summed E-state index contributed by atoms with van der Waals surface area (Å²) in [5.41, 5.74) is 2.53. The zero-order valence-corrected chi connectivity index (χ0v) is 13.3. The van der Waals surface area contributed by atoms with Gasteiger partial charge >= 0.3 is 0 Å². The minimum absolute atomic E-state index is 0.0601. The van der Waals surface area contributed by atoms with Gasteiger partial charge in [-0.05, 0) is 18.2 Å². The van der Waals surface area contributed by atoms with Gasteiger partial charge in [0.05, 0.1) is 11.5 Å². The first-order valence-corrected chi connectivity index (χ1v) is 7.65. The molecule has 1 N–H and O–H groups in total. The molecule has 0 radical (unpaired) electrons. The maximum Gasteiger partial charge on any atom is 0.269 e. The molecule has 0 saturated carbocycles. The summed E-state index contributed by atoms with van der Waals surface area (Å²) in [6, 6.07) is 14.7. The third-order valence-corrected chi connectivity index (χ3v) is 3.76. The van der Waals surface area contributed by atoms with Gasteiger partial charge in [0.2, 0.25) is 0 Å². The fourth-order valence-corrected chi connectivity index (χ4v) is 2.62. The molecule has 0 aliphatic rings. The van der Waals surface area contributed by atoms with E-state index in [1.807, 2.05) is 30.3 Å². The second-order valence-electron chi connectivity index (χ2n) is 5.46. The smallest absolute Gasteiger partial charge is 0.269 e. The van der Waals surface area contributed by atoms with Crippen LogP contribution in [0.5, 0.6) is 0 Å². The van der Waals surface area contributed by atoms with Crippen molar-refractivity contribution >= 4 is 22.3 Å². The summed E-state index contributed by atoms with van der Waals surface area (Å²) in [5.74, 6) is 0.902. The van der Waals surface area contributed by atoms with Crippen LogP contribution in [0.2, 0.25) is 0 Å². The number of non-ortho nitro benzene ring substituents is 1. The number of nitro benzene ring substituents is 1. The highest BCUT2D eigenvalue weighted by Gasteiger charge is 2.11. The Hall–Kier alpha value is -2.86. The van der Waals surface area contributed by atoms with Gasteiger partial charge in [0.15, 0.2) is 0 Å². The van der Waals surface area contributed by atoms with Gasteiger partial charge in [0.1, 0.15) is 11.3 Å². The standard InChI is InChI=1S/C18H18N2O4/c1-23-12-14-10-15(20(21)22)6-7-17(14)19-9-8-16-11-13-4-2-3-5-18(13)24-16/h2-7,10-11,19H,8-9,12H2,1H3. The van der Waals surface area contributed by atoms with Crippen molar-refractivity contribution in [3.63, 3.8) is 0 Å². The highest BCUT2D eigenvalue weighted by atomic mass is 16.6. The molecule has 3 aromatic rings. The Labute approximate surface area is 139 Å². The molecule has 0 fully saturated rings. The van der Waals surface area contributed by atoms with Crippen LogP contribution < -0.4 is 5.32 Å². The molecule has 6 nitrogen and oxygen atoms in total. The van der Waals surface area contributed by atoms with E-state index in [9.17, 15) is 10.1 Å². The van der Waals surface area contributed by atoms with Gasteiger partial charge in [-0.2, -0.15) is 0 Å². The summed E-state index contributed by atoms with van der Waals surface area (Å²) in [4.78, 5) is 10.5. The Kier molecular flexibility index (Phi) is 4.77. The fraction of sp³-hybridized carbons (Fsp3) is 0.222. The molecule has 0 unspecified atom stereocenters. The van der Waals surface area contributed by atoms with Crippen molar-refractivity contribution in [1.82, 2.24) is 0 Å². The lowest BCUT2D eigenvalue weighted by atomic mass is 10.1. The van der Waals surface area contributed by atoms with Crippen molar-refractivity contribution in [3.05, 3.63) is 70.0 Å². The topological polar surface area (TPSA) is 77.5 Å².